The summed E-state index contributed by atoms with van der Waals surface area (Å²) < 4.78 is 15.5. The highest BCUT2D eigenvalue weighted by Gasteiger charge is 2.26. The van der Waals surface area contributed by atoms with E-state index < -0.39 is 0 Å². The minimum atomic E-state index is -0.299. The predicted octanol–water partition coefficient (Wildman–Crippen LogP) is 3.12. The van der Waals surface area contributed by atoms with Crippen LogP contribution in [0, 0.1) is 11.7 Å². The molecule has 90 valence electrons. The van der Waals surface area contributed by atoms with Gasteiger partial charge in [-0.15, -0.1) is 0 Å². The van der Waals surface area contributed by atoms with E-state index in [9.17, 15) is 4.39 Å². The van der Waals surface area contributed by atoms with Crippen LogP contribution in [0.4, 0.5) is 10.3 Å². The van der Waals surface area contributed by atoms with Gasteiger partial charge < -0.3 is 10.3 Å². The number of nitrogen functional groups attached to an aromatic ring is 1. The van der Waals surface area contributed by atoms with Crippen LogP contribution >= 0.6 is 0 Å². The molecule has 0 spiro atoms. The molecule has 17 heavy (non-hydrogen) atoms. The Bertz CT molecular complexity index is 557. The third kappa shape index (κ3) is 1.77. The number of benzene rings is 1. The fraction of sp³-hybridized carbons (Fsp3) is 0.462. The zero-order valence-corrected chi connectivity index (χ0v) is 9.86. The fourth-order valence-corrected chi connectivity index (χ4v) is 2.51. The van der Waals surface area contributed by atoms with Gasteiger partial charge in [-0.25, -0.2) is 9.37 Å². The number of para-hydroxylation sites is 1. The predicted molar refractivity (Wildman–Crippen MR) is 66.2 cm³/mol. The van der Waals surface area contributed by atoms with Crippen molar-refractivity contribution in [2.75, 3.05) is 5.73 Å². The van der Waals surface area contributed by atoms with Crippen LogP contribution in [0.25, 0.3) is 11.0 Å². The number of halogens is 1. The van der Waals surface area contributed by atoms with Gasteiger partial charge in [0.2, 0.25) is 5.95 Å². The zero-order valence-electron chi connectivity index (χ0n) is 9.86. The van der Waals surface area contributed by atoms with Crippen LogP contribution in [0.15, 0.2) is 18.2 Å². The van der Waals surface area contributed by atoms with Gasteiger partial charge in [0.1, 0.15) is 5.52 Å². The minimum Gasteiger partial charge on any atom is -0.369 e. The van der Waals surface area contributed by atoms with E-state index in [2.05, 4.69) is 11.9 Å². The topological polar surface area (TPSA) is 43.8 Å². The van der Waals surface area contributed by atoms with Crippen molar-refractivity contribution in [3.63, 3.8) is 0 Å². The quantitative estimate of drug-likeness (QED) is 0.885. The van der Waals surface area contributed by atoms with Gasteiger partial charge in [0, 0.05) is 6.04 Å². The second-order valence-corrected chi connectivity index (χ2v) is 4.98. The van der Waals surface area contributed by atoms with E-state index >= 15 is 0 Å². The maximum atomic E-state index is 13.6. The molecular weight excluding hydrogens is 217 g/mol. The molecule has 3 nitrogen and oxygen atoms in total. The van der Waals surface area contributed by atoms with Crippen molar-refractivity contribution >= 4 is 17.0 Å². The Kier molecular flexibility index (Phi) is 2.31. The lowest BCUT2D eigenvalue weighted by Crippen LogP contribution is -2.09. The number of nitrogens with zero attached hydrogens (tertiary/aromatic N) is 2. The molecule has 4 heteroatoms. The SMILES string of the molecule is CC(CC1CC1)n1c(N)nc2c(F)cccc21. The zero-order chi connectivity index (χ0) is 12.0. The number of fused-ring (bicyclic) bond motifs is 1. The average molecular weight is 233 g/mol. The Morgan fingerprint density at radius 1 is 1.53 bits per heavy atom. The fourth-order valence-electron chi connectivity index (χ4n) is 2.51. The standard InChI is InChI=1S/C13H16FN3/c1-8(7-9-5-6-9)17-11-4-2-3-10(14)12(11)16-13(17)15/h2-4,8-9H,5-7H2,1H3,(H2,15,16). The molecule has 2 aromatic rings. The summed E-state index contributed by atoms with van der Waals surface area (Å²) in [6.07, 6.45) is 3.72. The largest absolute Gasteiger partial charge is 0.369 e. The Morgan fingerprint density at radius 2 is 2.29 bits per heavy atom. The van der Waals surface area contributed by atoms with E-state index in [-0.39, 0.29) is 11.9 Å². The van der Waals surface area contributed by atoms with Gasteiger partial charge in [0.25, 0.3) is 0 Å². The van der Waals surface area contributed by atoms with Crippen molar-refractivity contribution in [1.29, 1.82) is 0 Å². The number of hydrogen-bond acceptors (Lipinski definition) is 2. The van der Waals surface area contributed by atoms with E-state index in [1.54, 1.807) is 6.07 Å². The Balaban J connectivity index is 2.07. The lowest BCUT2D eigenvalue weighted by molar-refractivity contribution is 0.492. The van der Waals surface area contributed by atoms with Crippen molar-refractivity contribution < 1.29 is 4.39 Å². The van der Waals surface area contributed by atoms with E-state index in [1.807, 2.05) is 10.6 Å². The Labute approximate surface area is 99.4 Å². The van der Waals surface area contributed by atoms with E-state index in [4.69, 9.17) is 5.73 Å². The average Bonchev–Trinajstić information content (AvgIpc) is 3.00. The van der Waals surface area contributed by atoms with Crippen LogP contribution in [-0.4, -0.2) is 9.55 Å². The van der Waals surface area contributed by atoms with Crippen molar-refractivity contribution in [3.8, 4) is 0 Å². The van der Waals surface area contributed by atoms with Crippen LogP contribution in [0.1, 0.15) is 32.2 Å². The molecule has 1 unspecified atom stereocenters. The molecule has 0 amide bonds. The second kappa shape index (κ2) is 3.72. The first-order valence-corrected chi connectivity index (χ1v) is 6.08. The Morgan fingerprint density at radius 3 is 3.00 bits per heavy atom. The molecule has 0 aliphatic heterocycles. The molecule has 0 radical (unpaired) electrons. The molecule has 1 aromatic heterocycles. The summed E-state index contributed by atoms with van der Waals surface area (Å²) in [5.74, 6) is 0.931. The first kappa shape index (κ1) is 10.6. The van der Waals surface area contributed by atoms with Gasteiger partial charge in [0.05, 0.1) is 5.52 Å². The van der Waals surface area contributed by atoms with Gasteiger partial charge in [-0.05, 0) is 31.4 Å². The second-order valence-electron chi connectivity index (χ2n) is 4.98. The molecule has 1 aromatic carbocycles. The molecule has 1 atom stereocenters. The van der Waals surface area contributed by atoms with E-state index in [1.165, 1.54) is 18.9 Å². The van der Waals surface area contributed by atoms with Gasteiger partial charge in [0.15, 0.2) is 5.82 Å². The molecule has 1 aliphatic rings. The lowest BCUT2D eigenvalue weighted by atomic mass is 10.1. The number of imidazole rings is 1. The lowest BCUT2D eigenvalue weighted by Gasteiger charge is -2.15. The summed E-state index contributed by atoms with van der Waals surface area (Å²) in [6, 6.07) is 5.30. The smallest absolute Gasteiger partial charge is 0.201 e. The molecule has 3 rings (SSSR count). The monoisotopic (exact) mass is 233 g/mol. The summed E-state index contributed by atoms with van der Waals surface area (Å²) in [4.78, 5) is 4.13. The summed E-state index contributed by atoms with van der Waals surface area (Å²) in [6.45, 7) is 2.13. The van der Waals surface area contributed by atoms with Crippen LogP contribution < -0.4 is 5.73 Å². The Hall–Kier alpha value is -1.58. The molecule has 1 saturated carbocycles. The van der Waals surface area contributed by atoms with E-state index in [0.717, 1.165) is 17.9 Å². The molecule has 1 heterocycles. The number of aromatic nitrogens is 2. The number of anilines is 1. The van der Waals surface area contributed by atoms with Crippen molar-refractivity contribution in [2.45, 2.75) is 32.2 Å². The van der Waals surface area contributed by atoms with Crippen LogP contribution in [0.3, 0.4) is 0 Å². The number of nitrogens with two attached hydrogens (primary N) is 1. The van der Waals surface area contributed by atoms with Gasteiger partial charge >= 0.3 is 0 Å². The van der Waals surface area contributed by atoms with E-state index in [0.29, 0.717) is 11.5 Å². The van der Waals surface area contributed by atoms with Gasteiger partial charge in [-0.2, -0.15) is 0 Å². The van der Waals surface area contributed by atoms with Gasteiger partial charge in [-0.1, -0.05) is 18.9 Å². The highest BCUT2D eigenvalue weighted by molar-refractivity contribution is 5.79. The van der Waals surface area contributed by atoms with Crippen molar-refractivity contribution in [3.05, 3.63) is 24.0 Å². The normalized spacial score (nSPS) is 17.5. The summed E-state index contributed by atoms with van der Waals surface area (Å²) in [5.41, 5.74) is 7.09. The van der Waals surface area contributed by atoms with Crippen LogP contribution in [-0.2, 0) is 0 Å². The molecular formula is C13H16FN3. The summed E-state index contributed by atoms with van der Waals surface area (Å²) >= 11 is 0. The number of rotatable bonds is 3. The first-order chi connectivity index (χ1) is 8.16. The summed E-state index contributed by atoms with van der Waals surface area (Å²) in [7, 11) is 0. The highest BCUT2D eigenvalue weighted by atomic mass is 19.1. The first-order valence-electron chi connectivity index (χ1n) is 6.08. The van der Waals surface area contributed by atoms with Crippen molar-refractivity contribution in [1.82, 2.24) is 9.55 Å². The maximum absolute atomic E-state index is 13.6. The summed E-state index contributed by atoms with van der Waals surface area (Å²) in [5, 5.41) is 0. The van der Waals surface area contributed by atoms with Crippen LogP contribution in [0.2, 0.25) is 0 Å². The van der Waals surface area contributed by atoms with Gasteiger partial charge in [-0.3, -0.25) is 0 Å². The maximum Gasteiger partial charge on any atom is 0.201 e. The van der Waals surface area contributed by atoms with Crippen LogP contribution in [0.5, 0.6) is 0 Å². The molecule has 0 bridgehead atoms. The molecule has 1 aliphatic carbocycles. The molecule has 1 fully saturated rings. The molecule has 0 saturated heterocycles. The molecule has 2 N–H and O–H groups in total. The number of hydrogen-bond donors (Lipinski definition) is 1. The highest BCUT2D eigenvalue weighted by Crippen LogP contribution is 2.38. The van der Waals surface area contributed by atoms with Crippen molar-refractivity contribution in [2.24, 2.45) is 5.92 Å². The third-order valence-corrected chi connectivity index (χ3v) is 3.51. The minimum absolute atomic E-state index is 0.286. The third-order valence-electron chi connectivity index (χ3n) is 3.51.